The molecule has 0 bridgehead atoms. The molecule has 1 atom stereocenters. The number of ether oxygens (including phenoxy) is 1. The van der Waals surface area contributed by atoms with E-state index in [0.717, 1.165) is 30.7 Å². The summed E-state index contributed by atoms with van der Waals surface area (Å²) in [5.41, 5.74) is 2.45. The van der Waals surface area contributed by atoms with Crippen LogP contribution < -0.4 is 4.74 Å². The van der Waals surface area contributed by atoms with Crippen molar-refractivity contribution >= 4 is 0 Å². The van der Waals surface area contributed by atoms with E-state index >= 15 is 0 Å². The third-order valence-electron chi connectivity index (χ3n) is 4.05. The summed E-state index contributed by atoms with van der Waals surface area (Å²) in [4.78, 5) is 2.10. The number of hydrogen-bond donors (Lipinski definition) is 2. The van der Waals surface area contributed by atoms with Crippen LogP contribution in [0.4, 0.5) is 0 Å². The molecule has 0 saturated carbocycles. The zero-order valence-corrected chi connectivity index (χ0v) is 15.0. The summed E-state index contributed by atoms with van der Waals surface area (Å²) < 4.78 is 5.75. The number of aliphatic hydroxyl groups is 2. The number of hydrogen-bond acceptors (Lipinski definition) is 4. The summed E-state index contributed by atoms with van der Waals surface area (Å²) in [6.07, 6.45) is 1.63. The van der Waals surface area contributed by atoms with Crippen LogP contribution in [-0.4, -0.2) is 47.5 Å². The van der Waals surface area contributed by atoms with Crippen LogP contribution in [0.5, 0.6) is 5.75 Å². The molecule has 0 aromatic heterocycles. The van der Waals surface area contributed by atoms with Gasteiger partial charge in [-0.3, -0.25) is 4.90 Å². The zero-order chi connectivity index (χ0) is 17.9. The smallest absolute Gasteiger partial charge is 0.119 e. The minimum atomic E-state index is -0.365. The van der Waals surface area contributed by atoms with Crippen LogP contribution in [-0.2, 0) is 13.0 Å². The maximum absolute atomic E-state index is 9.49. The maximum Gasteiger partial charge on any atom is 0.119 e. The summed E-state index contributed by atoms with van der Waals surface area (Å²) >= 11 is 0. The van der Waals surface area contributed by atoms with Gasteiger partial charge in [0.25, 0.3) is 0 Å². The minimum Gasteiger partial charge on any atom is -0.489 e. The molecule has 2 aromatic rings. The van der Waals surface area contributed by atoms with Gasteiger partial charge >= 0.3 is 0 Å². The Morgan fingerprint density at radius 3 is 2.28 bits per heavy atom. The highest BCUT2D eigenvalue weighted by Crippen LogP contribution is 2.13. The van der Waals surface area contributed by atoms with Crippen molar-refractivity contribution in [3.05, 3.63) is 65.7 Å². The van der Waals surface area contributed by atoms with Gasteiger partial charge in [-0.25, -0.2) is 0 Å². The molecular weight excluding hydrogens is 314 g/mol. The molecule has 25 heavy (non-hydrogen) atoms. The van der Waals surface area contributed by atoms with Crippen LogP contribution >= 0.6 is 0 Å². The van der Waals surface area contributed by atoms with E-state index in [1.54, 1.807) is 6.92 Å². The molecule has 0 fully saturated rings. The van der Waals surface area contributed by atoms with E-state index in [1.165, 1.54) is 5.56 Å². The molecule has 0 unspecified atom stereocenters. The van der Waals surface area contributed by atoms with Gasteiger partial charge in [0, 0.05) is 13.1 Å². The number of aryl methyl sites for hydroxylation is 1. The number of nitrogens with zero attached hydrogens (tertiary/aromatic N) is 1. The van der Waals surface area contributed by atoms with E-state index in [0.29, 0.717) is 19.7 Å². The van der Waals surface area contributed by atoms with Gasteiger partial charge in [-0.05, 0) is 49.6 Å². The fourth-order valence-electron chi connectivity index (χ4n) is 2.80. The van der Waals surface area contributed by atoms with Crippen molar-refractivity contribution in [2.24, 2.45) is 0 Å². The van der Waals surface area contributed by atoms with Gasteiger partial charge in [0.2, 0.25) is 0 Å². The van der Waals surface area contributed by atoms with E-state index < -0.39 is 0 Å². The second-order valence-corrected chi connectivity index (χ2v) is 6.40. The van der Waals surface area contributed by atoms with Crippen LogP contribution in [0.1, 0.15) is 24.5 Å². The van der Waals surface area contributed by atoms with Gasteiger partial charge in [-0.15, -0.1) is 0 Å². The number of aliphatic hydroxyl groups excluding tert-OH is 2. The lowest BCUT2D eigenvalue weighted by Gasteiger charge is -2.22. The van der Waals surface area contributed by atoms with Crippen molar-refractivity contribution < 1.29 is 14.9 Å². The fourth-order valence-corrected chi connectivity index (χ4v) is 2.80. The molecule has 0 heterocycles. The molecule has 0 radical (unpaired) electrons. The predicted molar refractivity (Wildman–Crippen MR) is 101 cm³/mol. The van der Waals surface area contributed by atoms with Gasteiger partial charge in [-0.1, -0.05) is 42.5 Å². The SMILES string of the molecule is C[C@H](O)CN(CCO)CCCc1ccc(COc2ccccc2)cc1. The van der Waals surface area contributed by atoms with Crippen molar-refractivity contribution in [2.75, 3.05) is 26.2 Å². The molecule has 0 aliphatic carbocycles. The Morgan fingerprint density at radius 1 is 0.960 bits per heavy atom. The second kappa shape index (κ2) is 10.9. The lowest BCUT2D eigenvalue weighted by atomic mass is 10.1. The summed E-state index contributed by atoms with van der Waals surface area (Å²) in [5, 5.41) is 18.6. The van der Waals surface area contributed by atoms with E-state index in [2.05, 4.69) is 29.2 Å². The third kappa shape index (κ3) is 7.69. The van der Waals surface area contributed by atoms with Crippen LogP contribution in [0.25, 0.3) is 0 Å². The molecule has 2 aromatic carbocycles. The van der Waals surface area contributed by atoms with Gasteiger partial charge in [0.05, 0.1) is 12.7 Å². The Bertz CT molecular complexity index is 584. The Kier molecular flexibility index (Phi) is 8.46. The topological polar surface area (TPSA) is 52.9 Å². The summed E-state index contributed by atoms with van der Waals surface area (Å²) in [5.74, 6) is 0.883. The molecule has 2 rings (SSSR count). The Labute approximate surface area is 150 Å². The molecule has 0 amide bonds. The van der Waals surface area contributed by atoms with E-state index in [9.17, 15) is 5.11 Å². The van der Waals surface area contributed by atoms with Gasteiger partial charge in [-0.2, -0.15) is 0 Å². The van der Waals surface area contributed by atoms with Gasteiger partial charge in [0.15, 0.2) is 0 Å². The van der Waals surface area contributed by atoms with Crippen LogP contribution in [0, 0.1) is 0 Å². The molecular formula is C21H29NO3. The lowest BCUT2D eigenvalue weighted by Crippen LogP contribution is -2.34. The Morgan fingerprint density at radius 2 is 1.64 bits per heavy atom. The van der Waals surface area contributed by atoms with Gasteiger partial charge < -0.3 is 14.9 Å². The van der Waals surface area contributed by atoms with E-state index in [1.807, 2.05) is 30.3 Å². The first kappa shape index (κ1) is 19.4. The van der Waals surface area contributed by atoms with E-state index in [-0.39, 0.29) is 12.7 Å². The van der Waals surface area contributed by atoms with Crippen molar-refractivity contribution in [1.29, 1.82) is 0 Å². The van der Waals surface area contributed by atoms with Crippen molar-refractivity contribution in [2.45, 2.75) is 32.5 Å². The molecule has 2 N–H and O–H groups in total. The summed E-state index contributed by atoms with van der Waals surface area (Å²) in [6.45, 7) is 4.58. The second-order valence-electron chi connectivity index (χ2n) is 6.40. The standard InChI is InChI=1S/C21H29NO3/c1-18(24)16-22(14-15-23)13-5-6-19-9-11-20(12-10-19)17-25-21-7-3-2-4-8-21/h2-4,7-12,18,23-24H,5-6,13-17H2,1H3/t18-/m0/s1. The molecule has 4 heteroatoms. The molecule has 0 spiro atoms. The first-order valence-corrected chi connectivity index (χ1v) is 8.94. The van der Waals surface area contributed by atoms with Crippen molar-refractivity contribution in [1.82, 2.24) is 4.90 Å². The van der Waals surface area contributed by atoms with Gasteiger partial charge in [0.1, 0.15) is 12.4 Å². The lowest BCUT2D eigenvalue weighted by molar-refractivity contribution is 0.110. The van der Waals surface area contributed by atoms with Crippen molar-refractivity contribution in [3.8, 4) is 5.75 Å². The number of para-hydroxylation sites is 1. The molecule has 4 nitrogen and oxygen atoms in total. The normalized spacial score (nSPS) is 12.3. The van der Waals surface area contributed by atoms with E-state index in [4.69, 9.17) is 9.84 Å². The number of benzene rings is 2. The number of rotatable bonds is 11. The highest BCUT2D eigenvalue weighted by atomic mass is 16.5. The molecule has 0 saturated heterocycles. The predicted octanol–water partition coefficient (Wildman–Crippen LogP) is 2.87. The molecule has 136 valence electrons. The first-order valence-electron chi connectivity index (χ1n) is 8.94. The molecule has 0 aliphatic rings. The first-order chi connectivity index (χ1) is 12.2. The van der Waals surface area contributed by atoms with Crippen LogP contribution in [0.15, 0.2) is 54.6 Å². The highest BCUT2D eigenvalue weighted by molar-refractivity contribution is 5.24. The highest BCUT2D eigenvalue weighted by Gasteiger charge is 2.07. The Hall–Kier alpha value is -1.88. The average Bonchev–Trinajstić information content (AvgIpc) is 2.61. The van der Waals surface area contributed by atoms with Crippen LogP contribution in [0.3, 0.4) is 0 Å². The zero-order valence-electron chi connectivity index (χ0n) is 15.0. The maximum atomic E-state index is 9.49. The average molecular weight is 343 g/mol. The molecule has 0 aliphatic heterocycles. The van der Waals surface area contributed by atoms with Crippen LogP contribution in [0.2, 0.25) is 0 Å². The Balaban J connectivity index is 1.74. The quantitative estimate of drug-likeness (QED) is 0.659. The fraction of sp³-hybridized carbons (Fsp3) is 0.429. The summed E-state index contributed by atoms with van der Waals surface area (Å²) in [6, 6.07) is 18.3. The third-order valence-corrected chi connectivity index (χ3v) is 4.05. The van der Waals surface area contributed by atoms with Crippen molar-refractivity contribution in [3.63, 3.8) is 0 Å². The monoisotopic (exact) mass is 343 g/mol. The summed E-state index contributed by atoms with van der Waals surface area (Å²) in [7, 11) is 0. The largest absolute Gasteiger partial charge is 0.489 e. The minimum absolute atomic E-state index is 0.128.